The van der Waals surface area contributed by atoms with Gasteiger partial charge in [0.1, 0.15) is 0 Å². The van der Waals surface area contributed by atoms with Gasteiger partial charge in [0.25, 0.3) is 5.56 Å². The summed E-state index contributed by atoms with van der Waals surface area (Å²) in [4.78, 5) is 25.5. The van der Waals surface area contributed by atoms with Gasteiger partial charge in [-0.3, -0.25) is 4.79 Å². The Kier molecular flexibility index (Phi) is 3.35. The monoisotopic (exact) mass is 358 g/mol. The maximum absolute atomic E-state index is 12.6. The molecule has 0 saturated carbocycles. The van der Waals surface area contributed by atoms with Crippen molar-refractivity contribution in [3.63, 3.8) is 0 Å². The highest BCUT2D eigenvalue weighted by molar-refractivity contribution is 7.91. The molecule has 114 valence electrons. The Balaban J connectivity index is 2.51. The van der Waals surface area contributed by atoms with Crippen LogP contribution in [0.2, 0.25) is 5.02 Å². The summed E-state index contributed by atoms with van der Waals surface area (Å²) in [6.45, 7) is 0. The van der Waals surface area contributed by atoms with Crippen molar-refractivity contribution in [2.75, 3.05) is 0 Å². The van der Waals surface area contributed by atoms with E-state index < -0.39 is 21.1 Å². The highest BCUT2D eigenvalue weighted by Crippen LogP contribution is 2.29. The first-order valence-electron chi connectivity index (χ1n) is 5.78. The first-order chi connectivity index (χ1) is 10.3. The smallest absolute Gasteiger partial charge is 0.362 e. The van der Waals surface area contributed by atoms with Crippen molar-refractivity contribution in [3.05, 3.63) is 54.8 Å². The number of thiophene rings is 1. The van der Waals surface area contributed by atoms with Crippen molar-refractivity contribution < 1.29 is 13.6 Å². The van der Waals surface area contributed by atoms with Crippen LogP contribution in [0.1, 0.15) is 0 Å². The van der Waals surface area contributed by atoms with E-state index in [0.29, 0.717) is 0 Å². The Labute approximate surface area is 131 Å². The normalized spacial score (nSPS) is 11.9. The summed E-state index contributed by atoms with van der Waals surface area (Å²) < 4.78 is 25.0. The van der Waals surface area contributed by atoms with Crippen LogP contribution in [-0.2, 0) is 9.84 Å². The van der Waals surface area contributed by atoms with Gasteiger partial charge in [0.15, 0.2) is 0 Å². The van der Waals surface area contributed by atoms with Crippen LogP contribution < -0.4 is 11.2 Å². The maximum Gasteiger partial charge on any atom is 0.362 e. The Morgan fingerprint density at radius 3 is 2.59 bits per heavy atom. The first kappa shape index (κ1) is 14.8. The standard InChI is InChI=1S/C12H7ClN2O5S2/c13-7-1-2-8(22(19,20)6-3-4-21-5-6)10-9(7)11(16)15(18)12(17)14-10/h1-5,18H,(H,14,17). The van der Waals surface area contributed by atoms with Gasteiger partial charge in [-0.2, -0.15) is 11.3 Å². The van der Waals surface area contributed by atoms with Crippen molar-refractivity contribution in [3.8, 4) is 0 Å². The predicted molar refractivity (Wildman–Crippen MR) is 80.8 cm³/mol. The van der Waals surface area contributed by atoms with Crippen LogP contribution in [0.3, 0.4) is 0 Å². The van der Waals surface area contributed by atoms with Crippen LogP contribution in [0.4, 0.5) is 0 Å². The number of benzene rings is 1. The Morgan fingerprint density at radius 2 is 1.95 bits per heavy atom. The molecule has 0 atom stereocenters. The molecule has 0 aliphatic rings. The zero-order valence-electron chi connectivity index (χ0n) is 10.6. The minimum atomic E-state index is -3.93. The molecule has 3 rings (SSSR count). The summed E-state index contributed by atoms with van der Waals surface area (Å²) in [5.41, 5.74) is -2.48. The fraction of sp³-hybridized carbons (Fsp3) is 0. The third-order valence-electron chi connectivity index (χ3n) is 3.04. The topological polar surface area (TPSA) is 109 Å². The minimum Gasteiger partial charge on any atom is -0.421 e. The molecule has 0 bridgehead atoms. The number of hydrogen-bond donors (Lipinski definition) is 2. The Bertz CT molecular complexity index is 1100. The number of halogens is 1. The second-order valence-corrected chi connectivity index (χ2v) is 7.41. The molecule has 1 aromatic carbocycles. The number of hydrogen-bond acceptors (Lipinski definition) is 6. The van der Waals surface area contributed by atoms with Crippen molar-refractivity contribution in [1.82, 2.24) is 9.71 Å². The van der Waals surface area contributed by atoms with Crippen LogP contribution in [-0.4, -0.2) is 23.3 Å². The fourth-order valence-corrected chi connectivity index (χ4v) is 4.69. The van der Waals surface area contributed by atoms with Crippen molar-refractivity contribution >= 4 is 43.7 Å². The van der Waals surface area contributed by atoms with E-state index in [1.807, 2.05) is 0 Å². The van der Waals surface area contributed by atoms with Gasteiger partial charge in [-0.25, -0.2) is 13.2 Å². The molecule has 0 amide bonds. The van der Waals surface area contributed by atoms with Crippen LogP contribution in [0.5, 0.6) is 0 Å². The molecule has 0 unspecified atom stereocenters. The van der Waals surface area contributed by atoms with E-state index in [1.54, 1.807) is 5.38 Å². The molecule has 0 saturated heterocycles. The number of rotatable bonds is 2. The molecule has 0 aliphatic heterocycles. The molecule has 0 fully saturated rings. The predicted octanol–water partition coefficient (Wildman–Crippen LogP) is 1.47. The zero-order valence-corrected chi connectivity index (χ0v) is 13.0. The molecular formula is C12H7ClN2O5S2. The minimum absolute atomic E-state index is 0.0372. The summed E-state index contributed by atoms with van der Waals surface area (Å²) in [5, 5.41) is 12.0. The highest BCUT2D eigenvalue weighted by Gasteiger charge is 2.24. The Morgan fingerprint density at radius 1 is 1.23 bits per heavy atom. The maximum atomic E-state index is 12.6. The van der Waals surface area contributed by atoms with E-state index in [4.69, 9.17) is 11.6 Å². The van der Waals surface area contributed by atoms with Gasteiger partial charge in [-0.15, -0.1) is 0 Å². The van der Waals surface area contributed by atoms with E-state index in [1.165, 1.54) is 34.9 Å². The molecule has 2 N–H and O–H groups in total. The van der Waals surface area contributed by atoms with Gasteiger partial charge in [0, 0.05) is 5.38 Å². The third-order valence-corrected chi connectivity index (χ3v) is 5.98. The van der Waals surface area contributed by atoms with E-state index in [-0.39, 0.29) is 30.4 Å². The van der Waals surface area contributed by atoms with Gasteiger partial charge < -0.3 is 10.2 Å². The number of nitrogens with zero attached hydrogens (tertiary/aromatic N) is 1. The number of aromatic nitrogens is 2. The van der Waals surface area contributed by atoms with Crippen molar-refractivity contribution in [1.29, 1.82) is 0 Å². The number of H-pyrrole nitrogens is 1. The summed E-state index contributed by atoms with van der Waals surface area (Å²) in [5.74, 6) is 0. The Hall–Kier alpha value is -2.10. The SMILES string of the molecule is O=c1[nH]c2c(S(=O)(=O)c3ccsc3)ccc(Cl)c2c(=O)n1O. The van der Waals surface area contributed by atoms with Gasteiger partial charge in [-0.05, 0) is 23.6 Å². The summed E-state index contributed by atoms with van der Waals surface area (Å²) in [7, 11) is -3.93. The van der Waals surface area contributed by atoms with E-state index in [0.717, 1.165) is 0 Å². The van der Waals surface area contributed by atoms with E-state index >= 15 is 0 Å². The largest absolute Gasteiger partial charge is 0.421 e. The van der Waals surface area contributed by atoms with Gasteiger partial charge in [0.2, 0.25) is 9.84 Å². The average molecular weight is 359 g/mol. The first-order valence-corrected chi connectivity index (χ1v) is 8.58. The number of sulfone groups is 1. The number of nitrogens with one attached hydrogen (secondary N) is 1. The molecule has 3 aromatic rings. The quantitative estimate of drug-likeness (QED) is 0.674. The molecule has 22 heavy (non-hydrogen) atoms. The second kappa shape index (κ2) is 4.97. The zero-order chi connectivity index (χ0) is 16.1. The average Bonchev–Trinajstić information content (AvgIpc) is 2.99. The molecule has 0 aliphatic carbocycles. The number of fused-ring (bicyclic) bond motifs is 1. The lowest BCUT2D eigenvalue weighted by Crippen LogP contribution is -2.33. The second-order valence-electron chi connectivity index (χ2n) is 4.31. The van der Waals surface area contributed by atoms with Gasteiger partial charge in [0.05, 0.1) is 25.7 Å². The molecular weight excluding hydrogens is 352 g/mol. The highest BCUT2D eigenvalue weighted by atomic mass is 35.5. The molecule has 0 spiro atoms. The van der Waals surface area contributed by atoms with Crippen molar-refractivity contribution in [2.45, 2.75) is 9.79 Å². The summed E-state index contributed by atoms with van der Waals surface area (Å²) in [6.07, 6.45) is 0. The lowest BCUT2D eigenvalue weighted by atomic mass is 10.2. The molecule has 10 heteroatoms. The van der Waals surface area contributed by atoms with Gasteiger partial charge >= 0.3 is 5.69 Å². The third kappa shape index (κ3) is 2.05. The lowest BCUT2D eigenvalue weighted by Gasteiger charge is -2.08. The van der Waals surface area contributed by atoms with Crippen LogP contribution >= 0.6 is 22.9 Å². The van der Waals surface area contributed by atoms with Crippen LogP contribution in [0.25, 0.3) is 10.9 Å². The summed E-state index contributed by atoms with van der Waals surface area (Å²) in [6, 6.07) is 3.84. The fourth-order valence-electron chi connectivity index (χ4n) is 2.01. The van der Waals surface area contributed by atoms with Crippen molar-refractivity contribution in [2.24, 2.45) is 0 Å². The lowest BCUT2D eigenvalue weighted by molar-refractivity contribution is 0.162. The summed E-state index contributed by atoms with van der Waals surface area (Å²) >= 11 is 7.09. The molecule has 2 aromatic heterocycles. The number of aromatic amines is 1. The van der Waals surface area contributed by atoms with E-state index in [2.05, 4.69) is 4.98 Å². The van der Waals surface area contributed by atoms with Gasteiger partial charge in [-0.1, -0.05) is 16.3 Å². The molecule has 7 nitrogen and oxygen atoms in total. The molecule has 0 radical (unpaired) electrons. The van der Waals surface area contributed by atoms with Crippen LogP contribution in [0, 0.1) is 0 Å². The molecule has 2 heterocycles. The van der Waals surface area contributed by atoms with Crippen LogP contribution in [0.15, 0.2) is 48.3 Å². The van der Waals surface area contributed by atoms with E-state index in [9.17, 15) is 23.2 Å².